The molecule has 0 aliphatic carbocycles. The molecule has 0 aromatic heterocycles. The summed E-state index contributed by atoms with van der Waals surface area (Å²) >= 11 is 0. The SMILES string of the molecule is CCc1c(C(=O)O)ccc([N+](=O)[O-])c1NC(=O)CCc1ccc(OC)cc1. The van der Waals surface area contributed by atoms with E-state index in [-0.39, 0.29) is 35.3 Å². The number of carboxylic acid groups (broad SMARTS) is 1. The molecule has 8 heteroatoms. The zero-order valence-electron chi connectivity index (χ0n) is 15.0. The van der Waals surface area contributed by atoms with Crippen LogP contribution in [0.5, 0.6) is 5.75 Å². The smallest absolute Gasteiger partial charge is 0.336 e. The standard InChI is InChI=1S/C19H20N2O6/c1-3-14-15(19(23)24)9-10-16(21(25)26)18(14)20-17(22)11-6-12-4-7-13(27-2)8-5-12/h4-5,7-10H,3,6,11H2,1-2H3,(H,20,22)(H,23,24). The number of hydrogen-bond acceptors (Lipinski definition) is 5. The number of aryl methyl sites for hydroxylation is 1. The molecule has 2 rings (SSSR count). The third-order valence-electron chi connectivity index (χ3n) is 4.14. The Bertz CT molecular complexity index is 861. The zero-order chi connectivity index (χ0) is 20.0. The number of nitrogens with one attached hydrogen (secondary N) is 1. The van der Waals surface area contributed by atoms with Crippen LogP contribution in [0.2, 0.25) is 0 Å². The van der Waals surface area contributed by atoms with E-state index in [4.69, 9.17) is 4.74 Å². The highest BCUT2D eigenvalue weighted by atomic mass is 16.6. The summed E-state index contributed by atoms with van der Waals surface area (Å²) in [4.78, 5) is 34.3. The summed E-state index contributed by atoms with van der Waals surface area (Å²) in [6, 6.07) is 9.51. The topological polar surface area (TPSA) is 119 Å². The van der Waals surface area contributed by atoms with Crippen LogP contribution >= 0.6 is 0 Å². The first-order valence-electron chi connectivity index (χ1n) is 8.33. The lowest BCUT2D eigenvalue weighted by Crippen LogP contribution is -2.17. The second-order valence-electron chi connectivity index (χ2n) is 5.80. The Morgan fingerprint density at radius 2 is 1.85 bits per heavy atom. The van der Waals surface area contributed by atoms with E-state index >= 15 is 0 Å². The summed E-state index contributed by atoms with van der Waals surface area (Å²) in [5.41, 5.74) is 0.704. The van der Waals surface area contributed by atoms with Crippen molar-refractivity contribution in [2.45, 2.75) is 26.2 Å². The zero-order valence-corrected chi connectivity index (χ0v) is 15.0. The number of carbonyl (C=O) groups is 2. The number of carboxylic acids is 1. The van der Waals surface area contributed by atoms with Gasteiger partial charge in [0.2, 0.25) is 5.91 Å². The van der Waals surface area contributed by atoms with Crippen molar-refractivity contribution in [3.63, 3.8) is 0 Å². The fraction of sp³-hybridized carbons (Fsp3) is 0.263. The summed E-state index contributed by atoms with van der Waals surface area (Å²) in [7, 11) is 1.56. The van der Waals surface area contributed by atoms with Gasteiger partial charge in [-0.25, -0.2) is 4.79 Å². The van der Waals surface area contributed by atoms with Gasteiger partial charge in [-0.05, 0) is 42.2 Å². The summed E-state index contributed by atoms with van der Waals surface area (Å²) in [5, 5.41) is 23.1. The minimum Gasteiger partial charge on any atom is -0.497 e. The molecule has 0 saturated carbocycles. The molecule has 0 aliphatic rings. The van der Waals surface area contributed by atoms with E-state index in [9.17, 15) is 24.8 Å². The average molecular weight is 372 g/mol. The molecule has 1 amide bonds. The van der Waals surface area contributed by atoms with Crippen LogP contribution in [0.1, 0.15) is 34.8 Å². The molecule has 2 aromatic carbocycles. The van der Waals surface area contributed by atoms with E-state index in [1.807, 2.05) is 12.1 Å². The Kier molecular flexibility index (Phi) is 6.48. The number of nitro groups is 1. The van der Waals surface area contributed by atoms with Gasteiger partial charge in [0, 0.05) is 12.5 Å². The van der Waals surface area contributed by atoms with Crippen molar-refractivity contribution in [1.29, 1.82) is 0 Å². The first-order chi connectivity index (χ1) is 12.9. The van der Waals surface area contributed by atoms with Crippen LogP contribution in [-0.2, 0) is 17.6 Å². The van der Waals surface area contributed by atoms with E-state index in [1.54, 1.807) is 26.2 Å². The number of benzene rings is 2. The van der Waals surface area contributed by atoms with Gasteiger partial charge in [-0.1, -0.05) is 19.1 Å². The van der Waals surface area contributed by atoms with Gasteiger partial charge in [-0.3, -0.25) is 14.9 Å². The Hall–Kier alpha value is -3.42. The summed E-state index contributed by atoms with van der Waals surface area (Å²) in [5.74, 6) is -0.918. The van der Waals surface area contributed by atoms with Gasteiger partial charge in [-0.2, -0.15) is 0 Å². The molecule has 142 valence electrons. The number of carbonyl (C=O) groups excluding carboxylic acids is 1. The van der Waals surface area contributed by atoms with Gasteiger partial charge in [0.05, 0.1) is 17.6 Å². The van der Waals surface area contributed by atoms with Crippen molar-refractivity contribution in [2.75, 3.05) is 12.4 Å². The average Bonchev–Trinajstić information content (AvgIpc) is 2.65. The lowest BCUT2D eigenvalue weighted by atomic mass is 10.0. The van der Waals surface area contributed by atoms with Crippen molar-refractivity contribution in [3.8, 4) is 5.75 Å². The van der Waals surface area contributed by atoms with Crippen molar-refractivity contribution in [1.82, 2.24) is 0 Å². The second-order valence-corrected chi connectivity index (χ2v) is 5.80. The molecule has 0 unspecified atom stereocenters. The molecule has 0 heterocycles. The predicted molar refractivity (Wildman–Crippen MR) is 99.4 cm³/mol. The van der Waals surface area contributed by atoms with Crippen LogP contribution in [0.3, 0.4) is 0 Å². The minimum absolute atomic E-state index is 0.0536. The third-order valence-corrected chi connectivity index (χ3v) is 4.14. The quantitative estimate of drug-likeness (QED) is 0.541. The Balaban J connectivity index is 2.20. The number of methoxy groups -OCH3 is 1. The molecular weight excluding hydrogens is 352 g/mol. The van der Waals surface area contributed by atoms with Crippen LogP contribution in [0.15, 0.2) is 36.4 Å². The molecule has 27 heavy (non-hydrogen) atoms. The highest BCUT2D eigenvalue weighted by Crippen LogP contribution is 2.32. The minimum atomic E-state index is -1.20. The van der Waals surface area contributed by atoms with Gasteiger partial charge >= 0.3 is 5.97 Å². The number of hydrogen-bond donors (Lipinski definition) is 2. The maximum absolute atomic E-state index is 12.3. The molecular formula is C19H20N2O6. The second kappa shape index (κ2) is 8.79. The molecule has 2 aromatic rings. The van der Waals surface area contributed by atoms with Crippen LogP contribution in [0.25, 0.3) is 0 Å². The molecule has 0 saturated heterocycles. The van der Waals surface area contributed by atoms with Crippen molar-refractivity contribution in [3.05, 3.63) is 63.2 Å². The van der Waals surface area contributed by atoms with Crippen molar-refractivity contribution < 1.29 is 24.4 Å². The fourth-order valence-corrected chi connectivity index (χ4v) is 2.75. The van der Waals surface area contributed by atoms with Crippen LogP contribution in [0.4, 0.5) is 11.4 Å². The highest BCUT2D eigenvalue weighted by molar-refractivity contribution is 5.98. The van der Waals surface area contributed by atoms with Crippen molar-refractivity contribution in [2.24, 2.45) is 0 Å². The fourth-order valence-electron chi connectivity index (χ4n) is 2.75. The lowest BCUT2D eigenvalue weighted by molar-refractivity contribution is -0.384. The van der Waals surface area contributed by atoms with E-state index in [2.05, 4.69) is 5.32 Å². The van der Waals surface area contributed by atoms with Crippen LogP contribution < -0.4 is 10.1 Å². The number of amides is 1. The molecule has 0 spiro atoms. The number of nitro benzene ring substituents is 1. The summed E-state index contributed by atoms with van der Waals surface area (Å²) < 4.78 is 5.07. The lowest BCUT2D eigenvalue weighted by Gasteiger charge is -2.13. The molecule has 0 aliphatic heterocycles. The predicted octanol–water partition coefficient (Wildman–Crippen LogP) is 3.44. The molecule has 0 bridgehead atoms. The number of aromatic carboxylic acids is 1. The number of anilines is 1. The van der Waals surface area contributed by atoms with Crippen LogP contribution in [-0.4, -0.2) is 29.0 Å². The van der Waals surface area contributed by atoms with E-state index in [0.29, 0.717) is 12.2 Å². The summed E-state index contributed by atoms with van der Waals surface area (Å²) in [6.45, 7) is 1.68. The first-order valence-corrected chi connectivity index (χ1v) is 8.33. The maximum atomic E-state index is 12.3. The molecule has 0 atom stereocenters. The monoisotopic (exact) mass is 372 g/mol. The Morgan fingerprint density at radius 1 is 1.19 bits per heavy atom. The largest absolute Gasteiger partial charge is 0.497 e. The van der Waals surface area contributed by atoms with Gasteiger partial charge < -0.3 is 15.2 Å². The van der Waals surface area contributed by atoms with Gasteiger partial charge in [-0.15, -0.1) is 0 Å². The third kappa shape index (κ3) is 4.81. The molecule has 2 N–H and O–H groups in total. The van der Waals surface area contributed by atoms with Gasteiger partial charge in [0.25, 0.3) is 5.69 Å². The Labute approximate surface area is 155 Å². The molecule has 8 nitrogen and oxygen atoms in total. The molecule has 0 fully saturated rings. The van der Waals surface area contributed by atoms with Crippen molar-refractivity contribution >= 4 is 23.3 Å². The van der Waals surface area contributed by atoms with Gasteiger partial charge in [0.1, 0.15) is 11.4 Å². The van der Waals surface area contributed by atoms with Crippen LogP contribution in [0, 0.1) is 10.1 Å². The van der Waals surface area contributed by atoms with Gasteiger partial charge in [0.15, 0.2) is 0 Å². The maximum Gasteiger partial charge on any atom is 0.336 e. The normalized spacial score (nSPS) is 10.3. The summed E-state index contributed by atoms with van der Waals surface area (Å²) in [6.07, 6.45) is 0.769. The number of nitrogens with zero attached hydrogens (tertiary/aromatic N) is 1. The van der Waals surface area contributed by atoms with E-state index in [0.717, 1.165) is 11.6 Å². The number of ether oxygens (including phenoxy) is 1. The highest BCUT2D eigenvalue weighted by Gasteiger charge is 2.24. The Morgan fingerprint density at radius 3 is 2.37 bits per heavy atom. The van der Waals surface area contributed by atoms with E-state index < -0.39 is 16.8 Å². The van der Waals surface area contributed by atoms with E-state index in [1.165, 1.54) is 6.07 Å². The molecule has 0 radical (unpaired) electrons. The first kappa shape index (κ1) is 19.9. The number of rotatable bonds is 8.